The van der Waals surface area contributed by atoms with Crippen LogP contribution in [-0.4, -0.2) is 55.5 Å². The van der Waals surface area contributed by atoms with Crippen molar-refractivity contribution in [2.75, 3.05) is 27.2 Å². The number of hydrogen-bond acceptors (Lipinski definition) is 3. The van der Waals surface area contributed by atoms with Gasteiger partial charge < -0.3 is 15.3 Å². The first-order valence-corrected chi connectivity index (χ1v) is 5.75. The Hall–Kier alpha value is -0.330. The number of nitrogens with one attached hydrogen (secondary N) is 1. The van der Waals surface area contributed by atoms with Crippen LogP contribution < -0.4 is 5.32 Å². The van der Waals surface area contributed by atoms with Crippen LogP contribution in [0.15, 0.2) is 0 Å². The minimum Gasteiger partial charge on any atom is -0.382 e. The van der Waals surface area contributed by atoms with Gasteiger partial charge in [-0.3, -0.25) is 0 Å². The van der Waals surface area contributed by atoms with Gasteiger partial charge in [0, 0.05) is 19.1 Å². The Morgan fingerprint density at radius 2 is 1.76 bits per heavy atom. The van der Waals surface area contributed by atoms with E-state index in [4.69, 9.17) is 5.11 Å². The maximum atomic E-state index is 12.1. The molecule has 0 aromatic heterocycles. The second kappa shape index (κ2) is 7.18. The Morgan fingerprint density at radius 1 is 1.24 bits per heavy atom. The first-order chi connectivity index (χ1) is 7.62. The molecule has 0 rings (SSSR count). The van der Waals surface area contributed by atoms with E-state index in [0.29, 0.717) is 12.5 Å². The van der Waals surface area contributed by atoms with Crippen molar-refractivity contribution in [3.63, 3.8) is 0 Å². The average molecular weight is 256 g/mol. The second-order valence-corrected chi connectivity index (χ2v) is 5.05. The molecule has 2 atom stereocenters. The molecule has 0 spiro atoms. The topological polar surface area (TPSA) is 35.5 Å². The molecular formula is C11H23F3N2O. The molecule has 0 aromatic rings. The zero-order valence-electron chi connectivity index (χ0n) is 10.9. The Morgan fingerprint density at radius 3 is 2.12 bits per heavy atom. The van der Waals surface area contributed by atoms with Crippen LogP contribution in [0, 0.1) is 5.92 Å². The standard InChI is InChI=1S/C11H23F3N2O/c1-8(2)5-9(7-16(3)4)15-6-10(17)11(12,13)14/h8-10,15,17H,5-7H2,1-4H3. The Bertz CT molecular complexity index is 197. The van der Waals surface area contributed by atoms with Gasteiger partial charge in [-0.05, 0) is 26.4 Å². The van der Waals surface area contributed by atoms with Gasteiger partial charge in [0.2, 0.25) is 0 Å². The molecule has 6 heteroatoms. The zero-order chi connectivity index (χ0) is 13.6. The highest BCUT2D eigenvalue weighted by Crippen LogP contribution is 2.19. The fraction of sp³-hybridized carbons (Fsp3) is 1.00. The number of rotatable bonds is 7. The third-order valence-corrected chi connectivity index (χ3v) is 2.32. The molecule has 0 saturated heterocycles. The number of likely N-dealkylation sites (N-methyl/N-ethyl adjacent to an activating group) is 1. The third kappa shape index (κ3) is 8.40. The molecule has 17 heavy (non-hydrogen) atoms. The molecule has 104 valence electrons. The van der Waals surface area contributed by atoms with Gasteiger partial charge in [-0.25, -0.2) is 0 Å². The molecular weight excluding hydrogens is 233 g/mol. The van der Waals surface area contributed by atoms with Gasteiger partial charge in [-0.1, -0.05) is 13.8 Å². The van der Waals surface area contributed by atoms with Crippen LogP contribution in [0.1, 0.15) is 20.3 Å². The van der Waals surface area contributed by atoms with Gasteiger partial charge in [0.05, 0.1) is 0 Å². The molecule has 0 aromatic carbocycles. The quantitative estimate of drug-likeness (QED) is 0.724. The van der Waals surface area contributed by atoms with Gasteiger partial charge >= 0.3 is 6.18 Å². The zero-order valence-corrected chi connectivity index (χ0v) is 10.9. The molecule has 0 aliphatic rings. The molecule has 0 radical (unpaired) electrons. The van der Waals surface area contributed by atoms with Crippen molar-refractivity contribution in [3.05, 3.63) is 0 Å². The van der Waals surface area contributed by atoms with Gasteiger partial charge in [-0.2, -0.15) is 13.2 Å². The maximum absolute atomic E-state index is 12.1. The molecule has 3 nitrogen and oxygen atoms in total. The summed E-state index contributed by atoms with van der Waals surface area (Å²) in [7, 11) is 3.74. The lowest BCUT2D eigenvalue weighted by Crippen LogP contribution is -2.46. The summed E-state index contributed by atoms with van der Waals surface area (Å²) >= 11 is 0. The smallest absolute Gasteiger partial charge is 0.382 e. The Kier molecular flexibility index (Phi) is 7.04. The van der Waals surface area contributed by atoms with Crippen LogP contribution in [0.25, 0.3) is 0 Å². The van der Waals surface area contributed by atoms with Crippen LogP contribution in [0.2, 0.25) is 0 Å². The number of nitrogens with zero attached hydrogens (tertiary/aromatic N) is 1. The molecule has 0 fully saturated rings. The van der Waals surface area contributed by atoms with Gasteiger partial charge in [0.1, 0.15) is 0 Å². The summed E-state index contributed by atoms with van der Waals surface area (Å²) in [5.41, 5.74) is 0. The Balaban J connectivity index is 4.15. The monoisotopic (exact) mass is 256 g/mol. The van der Waals surface area contributed by atoms with Gasteiger partial charge in [0.15, 0.2) is 6.10 Å². The van der Waals surface area contributed by atoms with Crippen LogP contribution in [-0.2, 0) is 0 Å². The van der Waals surface area contributed by atoms with Gasteiger partial charge in [0.25, 0.3) is 0 Å². The van der Waals surface area contributed by atoms with E-state index < -0.39 is 18.8 Å². The summed E-state index contributed by atoms with van der Waals surface area (Å²) in [6, 6.07) is -0.0398. The van der Waals surface area contributed by atoms with E-state index in [-0.39, 0.29) is 6.04 Å². The maximum Gasteiger partial charge on any atom is 0.415 e. The summed E-state index contributed by atoms with van der Waals surface area (Å²) in [4.78, 5) is 1.92. The number of alkyl halides is 3. The average Bonchev–Trinajstić information content (AvgIpc) is 2.10. The number of halogens is 3. The normalized spacial score (nSPS) is 16.6. The van der Waals surface area contributed by atoms with Crippen LogP contribution in [0.4, 0.5) is 13.2 Å². The molecule has 2 unspecified atom stereocenters. The number of hydrogen-bond donors (Lipinski definition) is 2. The third-order valence-electron chi connectivity index (χ3n) is 2.32. The van der Waals surface area contributed by atoms with E-state index >= 15 is 0 Å². The molecule has 0 saturated carbocycles. The largest absolute Gasteiger partial charge is 0.415 e. The van der Waals surface area contributed by atoms with Gasteiger partial charge in [-0.15, -0.1) is 0 Å². The fourth-order valence-electron chi connectivity index (χ4n) is 1.63. The molecule has 2 N–H and O–H groups in total. The summed E-state index contributed by atoms with van der Waals surface area (Å²) in [5, 5.41) is 11.7. The molecule has 0 bridgehead atoms. The van der Waals surface area contributed by atoms with Crippen LogP contribution in [0.5, 0.6) is 0 Å². The minimum absolute atomic E-state index is 0.0398. The molecule has 0 aliphatic heterocycles. The summed E-state index contributed by atoms with van der Waals surface area (Å²) in [5.74, 6) is 0.399. The summed E-state index contributed by atoms with van der Waals surface area (Å²) in [6.07, 6.45) is -6.06. The van der Waals surface area contributed by atoms with E-state index in [0.717, 1.165) is 6.42 Å². The predicted octanol–water partition coefficient (Wildman–Crippen LogP) is 1.48. The highest BCUT2D eigenvalue weighted by atomic mass is 19.4. The van der Waals surface area contributed by atoms with E-state index in [1.54, 1.807) is 0 Å². The predicted molar refractivity (Wildman–Crippen MR) is 61.9 cm³/mol. The van der Waals surface area contributed by atoms with E-state index in [9.17, 15) is 13.2 Å². The first-order valence-electron chi connectivity index (χ1n) is 5.75. The number of aliphatic hydroxyl groups is 1. The van der Waals surface area contributed by atoms with Crippen LogP contribution >= 0.6 is 0 Å². The van der Waals surface area contributed by atoms with E-state index in [2.05, 4.69) is 5.32 Å². The Labute approximate surface area is 101 Å². The van der Waals surface area contributed by atoms with Crippen molar-refractivity contribution in [1.29, 1.82) is 0 Å². The number of aliphatic hydroxyl groups excluding tert-OH is 1. The SMILES string of the molecule is CC(C)CC(CN(C)C)NCC(O)C(F)(F)F. The van der Waals surface area contributed by atoms with E-state index in [1.165, 1.54) is 0 Å². The van der Waals surface area contributed by atoms with Crippen molar-refractivity contribution in [3.8, 4) is 0 Å². The van der Waals surface area contributed by atoms with E-state index in [1.807, 2.05) is 32.8 Å². The van der Waals surface area contributed by atoms with Crippen molar-refractivity contribution in [2.45, 2.75) is 38.6 Å². The van der Waals surface area contributed by atoms with Crippen molar-refractivity contribution in [1.82, 2.24) is 10.2 Å². The lowest BCUT2D eigenvalue weighted by molar-refractivity contribution is -0.202. The second-order valence-electron chi connectivity index (χ2n) is 5.05. The van der Waals surface area contributed by atoms with Crippen LogP contribution in [0.3, 0.4) is 0 Å². The van der Waals surface area contributed by atoms with Crippen molar-refractivity contribution >= 4 is 0 Å². The first kappa shape index (κ1) is 16.7. The highest BCUT2D eigenvalue weighted by molar-refractivity contribution is 4.75. The minimum atomic E-state index is -4.55. The van der Waals surface area contributed by atoms with Crippen molar-refractivity contribution in [2.24, 2.45) is 5.92 Å². The molecule has 0 aliphatic carbocycles. The van der Waals surface area contributed by atoms with Crippen molar-refractivity contribution < 1.29 is 18.3 Å². The highest BCUT2D eigenvalue weighted by Gasteiger charge is 2.38. The molecule has 0 heterocycles. The lowest BCUT2D eigenvalue weighted by atomic mass is 10.0. The summed E-state index contributed by atoms with van der Waals surface area (Å²) in [6.45, 7) is 4.24. The summed E-state index contributed by atoms with van der Waals surface area (Å²) < 4.78 is 36.4. The molecule has 0 amide bonds. The fourth-order valence-corrected chi connectivity index (χ4v) is 1.63. The lowest BCUT2D eigenvalue weighted by Gasteiger charge is -2.25.